The fourth-order valence-corrected chi connectivity index (χ4v) is 5.60. The number of ether oxygens (including phenoxy) is 2. The largest absolute Gasteiger partial charge is 0.472 e. The Labute approximate surface area is 234 Å². The van der Waals surface area contributed by atoms with E-state index in [2.05, 4.69) is 19.9 Å². The van der Waals surface area contributed by atoms with E-state index in [1.807, 2.05) is 9.97 Å². The fourth-order valence-electron chi connectivity index (χ4n) is 4.86. The van der Waals surface area contributed by atoms with Crippen LogP contribution in [0.3, 0.4) is 0 Å². The van der Waals surface area contributed by atoms with Crippen LogP contribution in [0.25, 0.3) is 22.3 Å². The topological polar surface area (TPSA) is 322 Å². The molecule has 232 valence electrons. The number of nitrogens with one attached hydrogen (secondary N) is 4. The van der Waals surface area contributed by atoms with Crippen molar-refractivity contribution in [2.45, 2.75) is 49.1 Å². The van der Waals surface area contributed by atoms with Crippen LogP contribution in [0.2, 0.25) is 0 Å². The molecule has 0 spiro atoms. The number of nitrogens with zero attached hydrogens (tertiary/aromatic N) is 4. The minimum absolute atomic E-state index is 0.111. The molecule has 6 heterocycles. The molecule has 0 bridgehead atoms. The van der Waals surface area contributed by atoms with Gasteiger partial charge in [-0.05, 0) is 0 Å². The number of H-pyrrole nitrogens is 4. The zero-order valence-corrected chi connectivity index (χ0v) is 22.2. The molecular weight excluding hydrogens is 607 g/mol. The second-order valence-electron chi connectivity index (χ2n) is 9.67. The standard InChI is InChI=1S/C20H23N8O14P/c29-9-5(41-17(11(9)31)27-3-21-7-13(27)23-19(35)25-15(7)33)1-39-43(37,38)40-2-6-10(30)12(32)18(42-6)28-4-22-8-14(28)24-20(36)26-16(8)34/h3-6,9-12,17-18,29-32H,1-2H2,(H,37,38)(H2,23,25,33,35)(H2,24,26,34,36)/t5-,6-,9-,10-,11-,12-,17-,18-/m1/s1. The summed E-state index contributed by atoms with van der Waals surface area (Å²) in [5.74, 6) is 0. The molecule has 2 saturated heterocycles. The van der Waals surface area contributed by atoms with Crippen LogP contribution >= 0.6 is 7.82 Å². The highest BCUT2D eigenvalue weighted by molar-refractivity contribution is 7.47. The Bertz CT molecular complexity index is 1820. The number of aliphatic hydroxyl groups excluding tert-OH is 4. The summed E-state index contributed by atoms with van der Waals surface area (Å²) in [7, 11) is -4.92. The van der Waals surface area contributed by atoms with Gasteiger partial charge in [-0.2, -0.15) is 0 Å². The number of phosphoric ester groups is 1. The highest BCUT2D eigenvalue weighted by Gasteiger charge is 2.47. The van der Waals surface area contributed by atoms with Crippen LogP contribution in [0.4, 0.5) is 0 Å². The van der Waals surface area contributed by atoms with Crippen LogP contribution < -0.4 is 22.5 Å². The Morgan fingerprint density at radius 2 is 1.12 bits per heavy atom. The van der Waals surface area contributed by atoms with Gasteiger partial charge < -0.3 is 34.8 Å². The number of aromatic amines is 4. The van der Waals surface area contributed by atoms with Gasteiger partial charge in [0.25, 0.3) is 11.1 Å². The van der Waals surface area contributed by atoms with E-state index in [1.54, 1.807) is 0 Å². The SMILES string of the molecule is O=c1[nH]c(=O)c2ncn([C@@H]3O[C@H](COP(=O)(O)OC[C@H]4O[C@@H](n5cnc6c(=O)[nH]c(=O)[nH]c65)[C@H](O)[C@@H]4O)[C@@H](O)[C@H]3O)c2[nH]1. The zero-order valence-electron chi connectivity index (χ0n) is 21.3. The van der Waals surface area contributed by atoms with Crippen LogP contribution in [0.5, 0.6) is 0 Å². The van der Waals surface area contributed by atoms with Crippen LogP contribution in [0, 0.1) is 0 Å². The number of aliphatic hydroxyl groups is 4. The summed E-state index contributed by atoms with van der Waals surface area (Å²) in [6, 6.07) is 0. The molecule has 4 aromatic heterocycles. The van der Waals surface area contributed by atoms with Gasteiger partial charge in [0.05, 0.1) is 25.9 Å². The average Bonchev–Trinajstić information content (AvgIpc) is 3.69. The predicted molar refractivity (Wildman–Crippen MR) is 136 cm³/mol. The molecular formula is C20H23N8O14P. The Morgan fingerprint density at radius 1 is 0.721 bits per heavy atom. The Morgan fingerprint density at radius 3 is 1.51 bits per heavy atom. The van der Waals surface area contributed by atoms with Crippen molar-refractivity contribution in [1.29, 1.82) is 0 Å². The summed E-state index contributed by atoms with van der Waals surface area (Å²) in [4.78, 5) is 73.7. The zero-order chi connectivity index (χ0) is 30.8. The number of fused-ring (bicyclic) bond motifs is 2. The van der Waals surface area contributed by atoms with E-state index in [0.29, 0.717) is 0 Å². The molecule has 23 heteroatoms. The Balaban J connectivity index is 1.09. The van der Waals surface area contributed by atoms with Crippen molar-refractivity contribution >= 4 is 30.2 Å². The van der Waals surface area contributed by atoms with Crippen molar-refractivity contribution in [3.05, 3.63) is 54.3 Å². The fraction of sp³-hybridized carbons (Fsp3) is 0.500. The second-order valence-corrected chi connectivity index (χ2v) is 11.1. The normalized spacial score (nSPS) is 30.8. The predicted octanol–water partition coefficient (Wildman–Crippen LogP) is -4.79. The van der Waals surface area contributed by atoms with E-state index in [-0.39, 0.29) is 22.3 Å². The van der Waals surface area contributed by atoms with E-state index in [1.165, 1.54) is 0 Å². The molecule has 0 saturated carbocycles. The van der Waals surface area contributed by atoms with Gasteiger partial charge in [0.15, 0.2) is 23.5 Å². The molecule has 2 fully saturated rings. The minimum Gasteiger partial charge on any atom is -0.387 e. The third-order valence-corrected chi connectivity index (χ3v) is 7.91. The van der Waals surface area contributed by atoms with Crippen molar-refractivity contribution in [2.75, 3.05) is 13.2 Å². The third kappa shape index (κ3) is 5.18. The van der Waals surface area contributed by atoms with Gasteiger partial charge in [0.1, 0.15) is 47.9 Å². The average molecular weight is 630 g/mol. The van der Waals surface area contributed by atoms with Gasteiger partial charge in [-0.15, -0.1) is 0 Å². The van der Waals surface area contributed by atoms with E-state index < -0.39 is 92.6 Å². The number of aromatic nitrogens is 8. The van der Waals surface area contributed by atoms with Gasteiger partial charge in [-0.1, -0.05) is 0 Å². The van der Waals surface area contributed by atoms with Gasteiger partial charge in [0, 0.05) is 0 Å². The van der Waals surface area contributed by atoms with Gasteiger partial charge in [0.2, 0.25) is 0 Å². The van der Waals surface area contributed by atoms with Gasteiger partial charge in [-0.25, -0.2) is 24.1 Å². The van der Waals surface area contributed by atoms with E-state index in [4.69, 9.17) is 18.5 Å². The van der Waals surface area contributed by atoms with Crippen molar-refractivity contribution < 1.29 is 48.4 Å². The van der Waals surface area contributed by atoms with Gasteiger partial charge >= 0.3 is 19.2 Å². The van der Waals surface area contributed by atoms with Crippen molar-refractivity contribution in [3.8, 4) is 0 Å². The molecule has 2 aliphatic rings. The Kier molecular flexibility index (Phi) is 7.29. The molecule has 0 unspecified atom stereocenters. The first-order chi connectivity index (χ1) is 20.3. The lowest BCUT2D eigenvalue weighted by atomic mass is 10.1. The number of imidazole rings is 2. The third-order valence-electron chi connectivity index (χ3n) is 6.96. The molecule has 0 aromatic carbocycles. The maximum absolute atomic E-state index is 12.5. The van der Waals surface area contributed by atoms with Crippen LogP contribution in [0.1, 0.15) is 12.5 Å². The van der Waals surface area contributed by atoms with E-state index in [0.717, 1.165) is 21.8 Å². The highest BCUT2D eigenvalue weighted by atomic mass is 31.2. The lowest BCUT2D eigenvalue weighted by molar-refractivity contribution is -0.0609. The summed E-state index contributed by atoms with van der Waals surface area (Å²) in [6.07, 6.45) is -9.98. The smallest absolute Gasteiger partial charge is 0.387 e. The number of hydrogen-bond acceptors (Lipinski definition) is 15. The summed E-state index contributed by atoms with van der Waals surface area (Å²) in [5, 5.41) is 41.8. The molecule has 0 amide bonds. The minimum atomic E-state index is -4.92. The monoisotopic (exact) mass is 630 g/mol. The van der Waals surface area contributed by atoms with Crippen molar-refractivity contribution in [3.63, 3.8) is 0 Å². The molecule has 0 aliphatic carbocycles. The van der Waals surface area contributed by atoms with Crippen LogP contribution in [0.15, 0.2) is 31.8 Å². The quantitative estimate of drug-likeness (QED) is 0.0825. The number of phosphoric acid groups is 1. The molecule has 22 nitrogen and oxygen atoms in total. The first-order valence-corrected chi connectivity index (χ1v) is 13.9. The van der Waals surface area contributed by atoms with Gasteiger partial charge in [-0.3, -0.25) is 47.7 Å². The lowest BCUT2D eigenvalue weighted by Gasteiger charge is -2.20. The lowest BCUT2D eigenvalue weighted by Crippen LogP contribution is -2.34. The van der Waals surface area contributed by atoms with Crippen molar-refractivity contribution in [2.24, 2.45) is 0 Å². The first-order valence-electron chi connectivity index (χ1n) is 12.4. The molecule has 43 heavy (non-hydrogen) atoms. The van der Waals surface area contributed by atoms with Crippen LogP contribution in [-0.4, -0.2) is 114 Å². The molecule has 4 aromatic rings. The Hall–Kier alpha value is -3.83. The van der Waals surface area contributed by atoms with E-state index >= 15 is 0 Å². The molecule has 2 aliphatic heterocycles. The summed E-state index contributed by atoms with van der Waals surface area (Å²) >= 11 is 0. The summed E-state index contributed by atoms with van der Waals surface area (Å²) in [6.45, 7) is -1.57. The van der Waals surface area contributed by atoms with Crippen molar-refractivity contribution in [1.82, 2.24) is 39.0 Å². The summed E-state index contributed by atoms with van der Waals surface area (Å²) in [5.41, 5.74) is -3.89. The second kappa shape index (κ2) is 10.7. The number of hydrogen-bond donors (Lipinski definition) is 9. The maximum Gasteiger partial charge on any atom is 0.472 e. The van der Waals surface area contributed by atoms with E-state index in [9.17, 15) is 49.1 Å². The maximum atomic E-state index is 12.5. The molecule has 8 atom stereocenters. The van der Waals surface area contributed by atoms with Crippen LogP contribution in [-0.2, 0) is 23.1 Å². The first kappa shape index (κ1) is 29.3. The molecule has 9 N–H and O–H groups in total. The highest BCUT2D eigenvalue weighted by Crippen LogP contribution is 2.45. The number of rotatable bonds is 8. The molecule has 6 rings (SSSR count). The summed E-state index contributed by atoms with van der Waals surface area (Å²) < 4.78 is 35.6. The molecule has 0 radical (unpaired) electrons.